The van der Waals surface area contributed by atoms with E-state index in [9.17, 15) is 13.2 Å². The summed E-state index contributed by atoms with van der Waals surface area (Å²) in [5, 5.41) is 10.7. The molecule has 0 fully saturated rings. The van der Waals surface area contributed by atoms with Gasteiger partial charge < -0.3 is 19.2 Å². The van der Waals surface area contributed by atoms with E-state index in [-0.39, 0.29) is 23.7 Å². The Kier molecular flexibility index (Phi) is 7.41. The quantitative estimate of drug-likeness (QED) is 0.350. The van der Waals surface area contributed by atoms with E-state index < -0.39 is 15.7 Å². The molecule has 10 heteroatoms. The van der Waals surface area contributed by atoms with Crippen LogP contribution in [0.5, 0.6) is 11.5 Å². The summed E-state index contributed by atoms with van der Waals surface area (Å²) in [5.41, 5.74) is 1.29. The molecule has 0 unspecified atom stereocenters. The zero-order valence-corrected chi connectivity index (χ0v) is 19.7. The first-order valence-corrected chi connectivity index (χ1v) is 12.4. The molecule has 9 nitrogen and oxygen atoms in total. The van der Waals surface area contributed by atoms with Crippen LogP contribution in [0.1, 0.15) is 12.3 Å². The van der Waals surface area contributed by atoms with Gasteiger partial charge in [-0.2, -0.15) is 0 Å². The van der Waals surface area contributed by atoms with Crippen LogP contribution in [0.15, 0.2) is 88.2 Å². The number of nitrogens with one attached hydrogen (secondary N) is 1. The minimum Gasteiger partial charge on any atom is -0.497 e. The van der Waals surface area contributed by atoms with Gasteiger partial charge >= 0.3 is 0 Å². The van der Waals surface area contributed by atoms with Gasteiger partial charge in [0.05, 0.1) is 17.8 Å². The number of methoxy groups -OCH3 is 1. The van der Waals surface area contributed by atoms with Crippen molar-refractivity contribution in [1.82, 2.24) is 10.2 Å². The largest absolute Gasteiger partial charge is 0.497 e. The Morgan fingerprint density at radius 3 is 2.46 bits per heavy atom. The van der Waals surface area contributed by atoms with Gasteiger partial charge in [0.1, 0.15) is 11.5 Å². The molecule has 4 rings (SSSR count). The number of sulfone groups is 1. The summed E-state index contributed by atoms with van der Waals surface area (Å²) in [6.07, 6.45) is -0.191. The molecular formula is C25H23N3O6S. The second-order valence-corrected chi connectivity index (χ2v) is 9.59. The molecule has 0 bridgehead atoms. The number of hydrogen-bond acceptors (Lipinski definition) is 8. The van der Waals surface area contributed by atoms with Crippen molar-refractivity contribution in [3.05, 3.63) is 84.8 Å². The Bertz CT molecular complexity index is 1390. The molecule has 180 valence electrons. The van der Waals surface area contributed by atoms with Crippen molar-refractivity contribution in [3.8, 4) is 23.0 Å². The molecule has 1 heterocycles. The molecule has 0 aliphatic rings. The van der Waals surface area contributed by atoms with Gasteiger partial charge in [0, 0.05) is 23.7 Å². The summed E-state index contributed by atoms with van der Waals surface area (Å²) < 4.78 is 41.3. The van der Waals surface area contributed by atoms with Crippen LogP contribution in [0.2, 0.25) is 0 Å². The number of aromatic nitrogens is 2. The molecule has 0 aliphatic carbocycles. The van der Waals surface area contributed by atoms with Gasteiger partial charge in [0.15, 0.2) is 16.4 Å². The smallest absolute Gasteiger partial charge is 0.254 e. The molecule has 1 N–H and O–H groups in total. The fraction of sp³-hybridized carbons (Fsp3) is 0.160. The Balaban J connectivity index is 1.30. The summed E-state index contributed by atoms with van der Waals surface area (Å²) in [7, 11) is -2.10. The maximum Gasteiger partial charge on any atom is 0.254 e. The lowest BCUT2D eigenvalue weighted by molar-refractivity contribution is -0.115. The number of anilines is 1. The second-order valence-electron chi connectivity index (χ2n) is 7.48. The molecule has 1 amide bonds. The first-order valence-electron chi connectivity index (χ1n) is 10.7. The van der Waals surface area contributed by atoms with Crippen molar-refractivity contribution in [2.45, 2.75) is 17.9 Å². The molecule has 0 spiro atoms. The van der Waals surface area contributed by atoms with E-state index in [0.29, 0.717) is 29.0 Å². The van der Waals surface area contributed by atoms with Crippen LogP contribution >= 0.6 is 0 Å². The fourth-order valence-corrected chi connectivity index (χ4v) is 4.41. The SMILES string of the molecule is COc1ccc(S(=O)(=O)CCC(=O)Nc2cccc(OCc3nnc(-c4ccccc4)o3)c2)cc1. The third-order valence-electron chi connectivity index (χ3n) is 4.98. The topological polar surface area (TPSA) is 121 Å². The van der Waals surface area contributed by atoms with Crippen LogP contribution in [0.3, 0.4) is 0 Å². The van der Waals surface area contributed by atoms with Crippen LogP contribution < -0.4 is 14.8 Å². The standard InChI is InChI=1S/C25H23N3O6S/c1-32-20-10-12-22(13-11-20)35(30,31)15-14-23(29)26-19-8-5-9-21(16-19)33-17-24-27-28-25(34-24)18-6-3-2-4-7-18/h2-13,16H,14-15,17H2,1H3,(H,26,29). The second kappa shape index (κ2) is 10.8. The number of nitrogens with zero attached hydrogens (tertiary/aromatic N) is 2. The minimum absolute atomic E-state index is 0.0529. The van der Waals surface area contributed by atoms with Gasteiger partial charge in [0.25, 0.3) is 5.89 Å². The van der Waals surface area contributed by atoms with Crippen LogP contribution in [-0.2, 0) is 21.2 Å². The van der Waals surface area contributed by atoms with Gasteiger partial charge in [-0.1, -0.05) is 24.3 Å². The van der Waals surface area contributed by atoms with Crippen molar-refractivity contribution < 1.29 is 27.1 Å². The monoisotopic (exact) mass is 493 g/mol. The zero-order chi connectivity index (χ0) is 24.7. The molecule has 1 aromatic heterocycles. The van der Waals surface area contributed by atoms with Crippen molar-refractivity contribution in [2.75, 3.05) is 18.2 Å². The van der Waals surface area contributed by atoms with Gasteiger partial charge in [-0.25, -0.2) is 8.42 Å². The van der Waals surface area contributed by atoms with Gasteiger partial charge in [-0.3, -0.25) is 4.79 Å². The highest BCUT2D eigenvalue weighted by Crippen LogP contribution is 2.21. The molecule has 3 aromatic carbocycles. The van der Waals surface area contributed by atoms with E-state index in [4.69, 9.17) is 13.9 Å². The Morgan fingerprint density at radius 2 is 1.71 bits per heavy atom. The van der Waals surface area contributed by atoms with E-state index in [0.717, 1.165) is 5.56 Å². The maximum atomic E-state index is 12.5. The third-order valence-corrected chi connectivity index (χ3v) is 6.72. The number of carbonyl (C=O) groups excluding carboxylic acids is 1. The summed E-state index contributed by atoms with van der Waals surface area (Å²) >= 11 is 0. The summed E-state index contributed by atoms with van der Waals surface area (Å²) in [5.74, 6) is 0.996. The minimum atomic E-state index is -3.60. The average molecular weight is 494 g/mol. The molecular weight excluding hydrogens is 470 g/mol. The normalized spacial score (nSPS) is 11.1. The number of ether oxygens (including phenoxy) is 2. The third kappa shape index (κ3) is 6.45. The van der Waals surface area contributed by atoms with Crippen molar-refractivity contribution in [3.63, 3.8) is 0 Å². The van der Waals surface area contributed by atoms with E-state index in [1.54, 1.807) is 36.4 Å². The average Bonchev–Trinajstić information content (AvgIpc) is 3.36. The van der Waals surface area contributed by atoms with Crippen molar-refractivity contribution >= 4 is 21.4 Å². The van der Waals surface area contributed by atoms with Crippen LogP contribution in [0, 0.1) is 0 Å². The van der Waals surface area contributed by atoms with Crippen LogP contribution in [0.4, 0.5) is 5.69 Å². The van der Waals surface area contributed by atoms with E-state index in [1.807, 2.05) is 30.3 Å². The molecule has 0 saturated carbocycles. The predicted octanol–water partition coefficient (Wildman–Crippen LogP) is 4.13. The molecule has 0 atom stereocenters. The zero-order valence-electron chi connectivity index (χ0n) is 18.9. The lowest BCUT2D eigenvalue weighted by Gasteiger charge is -2.09. The lowest BCUT2D eigenvalue weighted by Crippen LogP contribution is -2.17. The summed E-state index contributed by atoms with van der Waals surface area (Å²) in [4.78, 5) is 12.5. The highest BCUT2D eigenvalue weighted by atomic mass is 32.2. The Labute approximate surface area is 202 Å². The van der Waals surface area contributed by atoms with Gasteiger partial charge in [0.2, 0.25) is 11.8 Å². The number of carbonyl (C=O) groups is 1. The molecule has 0 aliphatic heterocycles. The highest BCUT2D eigenvalue weighted by molar-refractivity contribution is 7.91. The molecule has 4 aromatic rings. The summed E-state index contributed by atoms with van der Waals surface area (Å²) in [6.45, 7) is 0.0529. The fourth-order valence-electron chi connectivity index (χ4n) is 3.17. The first-order chi connectivity index (χ1) is 16.9. The van der Waals surface area contributed by atoms with Crippen molar-refractivity contribution in [2.24, 2.45) is 0 Å². The predicted molar refractivity (Wildman–Crippen MR) is 129 cm³/mol. The van der Waals surface area contributed by atoms with E-state index >= 15 is 0 Å². The summed E-state index contributed by atoms with van der Waals surface area (Å²) in [6, 6.07) is 22.2. The number of rotatable bonds is 10. The molecule has 0 saturated heterocycles. The Morgan fingerprint density at radius 1 is 0.943 bits per heavy atom. The van der Waals surface area contributed by atoms with Crippen LogP contribution in [0.25, 0.3) is 11.5 Å². The van der Waals surface area contributed by atoms with Gasteiger partial charge in [-0.15, -0.1) is 10.2 Å². The molecule has 35 heavy (non-hydrogen) atoms. The lowest BCUT2D eigenvalue weighted by atomic mass is 10.2. The highest BCUT2D eigenvalue weighted by Gasteiger charge is 2.17. The van der Waals surface area contributed by atoms with Crippen LogP contribution in [-0.4, -0.2) is 37.4 Å². The van der Waals surface area contributed by atoms with Crippen molar-refractivity contribution in [1.29, 1.82) is 0 Å². The Hall–Kier alpha value is -4.18. The maximum absolute atomic E-state index is 12.5. The number of hydrogen-bond donors (Lipinski definition) is 1. The number of benzene rings is 3. The van der Waals surface area contributed by atoms with E-state index in [1.165, 1.54) is 19.2 Å². The molecule has 0 radical (unpaired) electrons. The van der Waals surface area contributed by atoms with E-state index in [2.05, 4.69) is 15.5 Å². The first kappa shape index (κ1) is 24.0. The van der Waals surface area contributed by atoms with Gasteiger partial charge in [-0.05, 0) is 48.5 Å². The number of amides is 1.